The summed E-state index contributed by atoms with van der Waals surface area (Å²) in [6.45, 7) is 2.50. The van der Waals surface area contributed by atoms with Crippen LogP contribution >= 0.6 is 0 Å². The number of aryl methyl sites for hydroxylation is 1. The molecule has 2 aliphatic heterocycles. The van der Waals surface area contributed by atoms with Gasteiger partial charge in [0.25, 0.3) is 0 Å². The van der Waals surface area contributed by atoms with Gasteiger partial charge in [-0.05, 0) is 31.9 Å². The zero-order valence-electron chi connectivity index (χ0n) is 14.3. The van der Waals surface area contributed by atoms with E-state index in [9.17, 15) is 8.42 Å². The summed E-state index contributed by atoms with van der Waals surface area (Å²) in [6, 6.07) is 6.88. The van der Waals surface area contributed by atoms with Gasteiger partial charge in [0.2, 0.25) is 21.6 Å². The smallest absolute Gasteiger partial charge is 0.207 e. The molecule has 1 aliphatic carbocycles. The second-order valence-electron chi connectivity index (χ2n) is 7.08. The minimum absolute atomic E-state index is 0.288. The van der Waals surface area contributed by atoms with Crippen molar-refractivity contribution >= 4 is 10.0 Å². The molecule has 1 aromatic carbocycles. The molecule has 3 fully saturated rings. The van der Waals surface area contributed by atoms with Crippen LogP contribution in [-0.4, -0.2) is 37.4 Å². The molecular weight excluding hydrogens is 346 g/mol. The van der Waals surface area contributed by atoms with Crippen LogP contribution in [0.2, 0.25) is 0 Å². The molecule has 4 rings (SSSR count). The van der Waals surface area contributed by atoms with Crippen molar-refractivity contribution in [3.8, 4) is 0 Å². The van der Waals surface area contributed by atoms with E-state index in [4.69, 9.17) is 19.6 Å². The molecule has 3 aliphatic rings. The maximum Gasteiger partial charge on any atom is 0.243 e. The number of piperidine rings is 1. The summed E-state index contributed by atoms with van der Waals surface area (Å²) in [5.74, 6) is -1.80. The van der Waals surface area contributed by atoms with Gasteiger partial charge < -0.3 is 0 Å². The number of hydrogen-bond donors (Lipinski definition) is 0. The monoisotopic (exact) mass is 369 g/mol. The van der Waals surface area contributed by atoms with Crippen molar-refractivity contribution in [1.82, 2.24) is 4.31 Å². The normalized spacial score (nSPS) is 26.3. The highest BCUT2D eigenvalue weighted by Gasteiger charge is 2.52. The van der Waals surface area contributed by atoms with Crippen LogP contribution in [0.15, 0.2) is 29.2 Å². The molecule has 1 aromatic rings. The van der Waals surface area contributed by atoms with Gasteiger partial charge in [0.15, 0.2) is 0 Å². The van der Waals surface area contributed by atoms with Crippen LogP contribution in [0.25, 0.3) is 0 Å². The molecule has 0 N–H and O–H groups in total. The Balaban J connectivity index is 1.40. The van der Waals surface area contributed by atoms with E-state index < -0.39 is 21.6 Å². The van der Waals surface area contributed by atoms with Gasteiger partial charge in [-0.1, -0.05) is 17.7 Å². The van der Waals surface area contributed by atoms with Crippen LogP contribution in [0, 0.1) is 6.92 Å². The average Bonchev–Trinajstić information content (AvgIpc) is 3.08. The molecule has 2 spiro atoms. The minimum Gasteiger partial charge on any atom is -0.207 e. The molecule has 7 nitrogen and oxygen atoms in total. The van der Waals surface area contributed by atoms with E-state index in [1.165, 1.54) is 4.31 Å². The SMILES string of the molecule is Cc1ccc(S(=O)(=O)N2CCC3(CC2)OOC2(CCCC2)OO3)cc1. The Labute approximate surface area is 147 Å². The number of rotatable bonds is 2. The highest BCUT2D eigenvalue weighted by atomic mass is 32.2. The van der Waals surface area contributed by atoms with Crippen molar-refractivity contribution in [3.05, 3.63) is 29.8 Å². The first-order valence-electron chi connectivity index (χ1n) is 8.74. The standard InChI is InChI=1S/C17H23NO6S/c1-14-4-6-15(7-5-14)25(19,20)18-12-10-17(11-13-18)23-21-16(22-24-17)8-2-3-9-16/h4-7H,2-3,8-13H2,1H3. The molecule has 2 heterocycles. The first-order valence-corrected chi connectivity index (χ1v) is 10.2. The van der Waals surface area contributed by atoms with E-state index in [0.717, 1.165) is 31.2 Å². The van der Waals surface area contributed by atoms with Gasteiger partial charge in [0.1, 0.15) is 0 Å². The van der Waals surface area contributed by atoms with Gasteiger partial charge in [-0.15, -0.1) is 0 Å². The van der Waals surface area contributed by atoms with E-state index in [1.54, 1.807) is 24.3 Å². The van der Waals surface area contributed by atoms with Crippen LogP contribution in [0.5, 0.6) is 0 Å². The summed E-state index contributed by atoms with van der Waals surface area (Å²) < 4.78 is 27.0. The van der Waals surface area contributed by atoms with Crippen molar-refractivity contribution in [2.75, 3.05) is 13.1 Å². The third-order valence-electron chi connectivity index (χ3n) is 5.20. The Morgan fingerprint density at radius 2 is 1.32 bits per heavy atom. The lowest BCUT2D eigenvalue weighted by molar-refractivity contribution is -0.658. The van der Waals surface area contributed by atoms with Crippen molar-refractivity contribution in [1.29, 1.82) is 0 Å². The van der Waals surface area contributed by atoms with Crippen LogP contribution in [0.4, 0.5) is 0 Å². The fourth-order valence-electron chi connectivity index (χ4n) is 3.51. The molecule has 0 atom stereocenters. The van der Waals surface area contributed by atoms with Crippen LogP contribution in [-0.2, 0) is 29.6 Å². The number of hydrogen-bond acceptors (Lipinski definition) is 6. The molecule has 0 bridgehead atoms. The van der Waals surface area contributed by atoms with Crippen molar-refractivity contribution in [3.63, 3.8) is 0 Å². The first kappa shape index (κ1) is 17.4. The highest BCUT2D eigenvalue weighted by Crippen LogP contribution is 2.43. The van der Waals surface area contributed by atoms with E-state index in [0.29, 0.717) is 17.7 Å². The molecule has 0 amide bonds. The summed E-state index contributed by atoms with van der Waals surface area (Å²) in [7, 11) is -3.52. The fraction of sp³-hybridized carbons (Fsp3) is 0.647. The van der Waals surface area contributed by atoms with Gasteiger partial charge in [-0.2, -0.15) is 23.9 Å². The van der Waals surface area contributed by atoms with Gasteiger partial charge in [-0.25, -0.2) is 8.42 Å². The largest absolute Gasteiger partial charge is 0.243 e. The lowest BCUT2D eigenvalue weighted by Gasteiger charge is -2.44. The summed E-state index contributed by atoms with van der Waals surface area (Å²) >= 11 is 0. The van der Waals surface area contributed by atoms with Crippen molar-refractivity contribution in [2.24, 2.45) is 0 Å². The van der Waals surface area contributed by atoms with Crippen LogP contribution in [0.1, 0.15) is 44.1 Å². The maximum atomic E-state index is 12.8. The fourth-order valence-corrected chi connectivity index (χ4v) is 4.95. The third-order valence-corrected chi connectivity index (χ3v) is 7.11. The zero-order chi connectivity index (χ0) is 17.5. The zero-order valence-corrected chi connectivity index (χ0v) is 15.1. The Bertz CT molecular complexity index is 706. The van der Waals surface area contributed by atoms with E-state index in [2.05, 4.69) is 0 Å². The number of benzene rings is 1. The molecule has 0 radical (unpaired) electrons. The quantitative estimate of drug-likeness (QED) is 0.746. The first-order chi connectivity index (χ1) is 11.9. The second kappa shape index (κ2) is 6.29. The van der Waals surface area contributed by atoms with Crippen molar-refractivity contribution in [2.45, 2.75) is 61.9 Å². The van der Waals surface area contributed by atoms with Crippen LogP contribution < -0.4 is 0 Å². The molecule has 0 unspecified atom stereocenters. The molecule has 1 saturated carbocycles. The number of sulfonamides is 1. The van der Waals surface area contributed by atoms with Gasteiger partial charge in [-0.3, -0.25) is 0 Å². The predicted molar refractivity (Wildman–Crippen MR) is 87.4 cm³/mol. The van der Waals surface area contributed by atoms with Gasteiger partial charge in [0, 0.05) is 38.8 Å². The molecule has 25 heavy (non-hydrogen) atoms. The third kappa shape index (κ3) is 3.22. The lowest BCUT2D eigenvalue weighted by atomic mass is 10.1. The molecular formula is C17H23NO6S. The Morgan fingerprint density at radius 3 is 1.84 bits per heavy atom. The van der Waals surface area contributed by atoms with Gasteiger partial charge >= 0.3 is 0 Å². The van der Waals surface area contributed by atoms with E-state index >= 15 is 0 Å². The summed E-state index contributed by atoms with van der Waals surface area (Å²) in [5, 5.41) is 0. The average molecular weight is 369 g/mol. The Morgan fingerprint density at radius 1 is 0.840 bits per heavy atom. The second-order valence-corrected chi connectivity index (χ2v) is 9.02. The summed E-state index contributed by atoms with van der Waals surface area (Å²) in [5.41, 5.74) is 1.02. The van der Waals surface area contributed by atoms with Crippen molar-refractivity contribution < 1.29 is 28.0 Å². The Hall–Kier alpha value is -1.03. The Kier molecular flexibility index (Phi) is 4.38. The molecule has 2 saturated heterocycles. The molecule has 138 valence electrons. The van der Waals surface area contributed by atoms with Gasteiger partial charge in [0.05, 0.1) is 4.90 Å². The molecule has 8 heteroatoms. The molecule has 0 aromatic heterocycles. The topological polar surface area (TPSA) is 74.3 Å². The summed E-state index contributed by atoms with van der Waals surface area (Å²) in [4.78, 5) is 22.5. The van der Waals surface area contributed by atoms with E-state index in [-0.39, 0.29) is 13.1 Å². The lowest BCUT2D eigenvalue weighted by Crippen LogP contribution is -2.55. The van der Waals surface area contributed by atoms with Crippen LogP contribution in [0.3, 0.4) is 0 Å². The predicted octanol–water partition coefficient (Wildman–Crippen LogP) is 2.66. The number of nitrogens with zero attached hydrogens (tertiary/aromatic N) is 1. The summed E-state index contributed by atoms with van der Waals surface area (Å²) in [6.07, 6.45) is 4.24. The van der Waals surface area contributed by atoms with E-state index in [1.807, 2.05) is 6.92 Å². The minimum atomic E-state index is -3.52. The maximum absolute atomic E-state index is 12.8. The highest BCUT2D eigenvalue weighted by molar-refractivity contribution is 7.89.